The van der Waals surface area contributed by atoms with Gasteiger partial charge >= 0.3 is 0 Å². The average molecular weight is 304 g/mol. The molecule has 3 aromatic rings. The summed E-state index contributed by atoms with van der Waals surface area (Å²) in [4.78, 5) is 4.73. The summed E-state index contributed by atoms with van der Waals surface area (Å²) in [5.74, 6) is -1.12. The summed E-state index contributed by atoms with van der Waals surface area (Å²) >= 11 is 1.48. The molecule has 0 aliphatic heterocycles. The summed E-state index contributed by atoms with van der Waals surface area (Å²) in [5, 5.41) is 3.55. The van der Waals surface area contributed by atoms with Crippen LogP contribution in [0.15, 0.2) is 52.4 Å². The van der Waals surface area contributed by atoms with Crippen LogP contribution in [0.2, 0.25) is 0 Å². The summed E-state index contributed by atoms with van der Waals surface area (Å²) in [6.07, 6.45) is 1.72. The van der Waals surface area contributed by atoms with Crippen molar-refractivity contribution in [3.05, 3.63) is 59.8 Å². The number of halogens is 2. The van der Waals surface area contributed by atoms with Gasteiger partial charge in [0.1, 0.15) is 11.6 Å². The number of hydrogen-bond acceptors (Lipinski definition) is 2. The van der Waals surface area contributed by atoms with Crippen LogP contribution in [0.3, 0.4) is 0 Å². The summed E-state index contributed by atoms with van der Waals surface area (Å²) in [6, 6.07) is 10.2. The second-order valence-electron chi connectivity index (χ2n) is 4.70. The lowest BCUT2D eigenvalue weighted by molar-refractivity contribution is 0.591. The van der Waals surface area contributed by atoms with Gasteiger partial charge in [0.15, 0.2) is 0 Å². The van der Waals surface area contributed by atoms with Crippen molar-refractivity contribution in [1.29, 1.82) is 0 Å². The second-order valence-corrected chi connectivity index (χ2v) is 5.79. The van der Waals surface area contributed by atoms with Gasteiger partial charge in [-0.25, -0.2) is 8.78 Å². The van der Waals surface area contributed by atoms with Crippen molar-refractivity contribution in [1.82, 2.24) is 10.3 Å². The molecule has 1 aromatic heterocycles. The smallest absolute Gasteiger partial charge is 0.136 e. The van der Waals surface area contributed by atoms with Crippen molar-refractivity contribution in [2.75, 3.05) is 7.05 Å². The second kappa shape index (κ2) is 5.87. The van der Waals surface area contributed by atoms with Crippen molar-refractivity contribution < 1.29 is 8.78 Å². The van der Waals surface area contributed by atoms with E-state index in [0.29, 0.717) is 10.9 Å². The van der Waals surface area contributed by atoms with E-state index in [1.165, 1.54) is 17.8 Å². The van der Waals surface area contributed by atoms with Crippen LogP contribution in [-0.4, -0.2) is 12.0 Å². The third-order valence-electron chi connectivity index (χ3n) is 3.22. The molecule has 0 unspecified atom stereocenters. The first-order valence-electron chi connectivity index (χ1n) is 6.55. The maximum atomic E-state index is 14.0. The largest absolute Gasteiger partial charge is 0.360 e. The Morgan fingerprint density at radius 3 is 2.76 bits per heavy atom. The Labute approximate surface area is 125 Å². The molecule has 0 aliphatic carbocycles. The van der Waals surface area contributed by atoms with E-state index in [1.54, 1.807) is 6.20 Å². The monoisotopic (exact) mass is 304 g/mol. The number of benzene rings is 2. The lowest BCUT2D eigenvalue weighted by atomic mass is 10.2. The summed E-state index contributed by atoms with van der Waals surface area (Å²) < 4.78 is 27.2. The van der Waals surface area contributed by atoms with Gasteiger partial charge in [0.25, 0.3) is 0 Å². The lowest BCUT2D eigenvalue weighted by Gasteiger charge is -2.08. The molecule has 21 heavy (non-hydrogen) atoms. The van der Waals surface area contributed by atoms with Gasteiger partial charge in [-0.05, 0) is 24.7 Å². The number of aromatic amines is 1. The molecule has 0 bridgehead atoms. The first kappa shape index (κ1) is 14.1. The Morgan fingerprint density at radius 2 is 1.95 bits per heavy atom. The van der Waals surface area contributed by atoms with Crippen LogP contribution < -0.4 is 5.32 Å². The normalized spacial score (nSPS) is 11.2. The van der Waals surface area contributed by atoms with Gasteiger partial charge in [0, 0.05) is 34.0 Å². The van der Waals surface area contributed by atoms with Gasteiger partial charge in [-0.2, -0.15) is 0 Å². The highest BCUT2D eigenvalue weighted by atomic mass is 32.2. The van der Waals surface area contributed by atoms with Crippen LogP contribution in [0.25, 0.3) is 10.9 Å². The molecule has 0 amide bonds. The molecule has 0 saturated heterocycles. The Morgan fingerprint density at radius 1 is 1.14 bits per heavy atom. The minimum absolute atomic E-state index is 0.431. The number of rotatable bonds is 4. The number of H-pyrrole nitrogens is 1. The molecule has 2 aromatic carbocycles. The number of nitrogens with one attached hydrogen (secondary N) is 2. The van der Waals surface area contributed by atoms with Crippen LogP contribution in [0, 0.1) is 11.6 Å². The number of aromatic nitrogens is 1. The Balaban J connectivity index is 2.03. The van der Waals surface area contributed by atoms with Crippen molar-refractivity contribution in [3.63, 3.8) is 0 Å². The summed E-state index contributed by atoms with van der Waals surface area (Å²) in [7, 11) is 1.88. The van der Waals surface area contributed by atoms with E-state index in [-0.39, 0.29) is 0 Å². The van der Waals surface area contributed by atoms with Crippen molar-refractivity contribution >= 4 is 22.7 Å². The van der Waals surface area contributed by atoms with Gasteiger partial charge < -0.3 is 10.3 Å². The van der Waals surface area contributed by atoms with E-state index < -0.39 is 11.6 Å². The topological polar surface area (TPSA) is 27.8 Å². The fourth-order valence-electron chi connectivity index (χ4n) is 2.29. The molecule has 0 aliphatic rings. The van der Waals surface area contributed by atoms with Crippen LogP contribution in [0.4, 0.5) is 8.78 Å². The molecule has 0 spiro atoms. The zero-order valence-electron chi connectivity index (χ0n) is 11.4. The zero-order chi connectivity index (χ0) is 14.8. The van der Waals surface area contributed by atoms with Gasteiger partial charge in [0.05, 0.1) is 5.52 Å². The van der Waals surface area contributed by atoms with Crippen LogP contribution in [0.1, 0.15) is 5.56 Å². The molecule has 2 nitrogen and oxygen atoms in total. The van der Waals surface area contributed by atoms with E-state index in [1.807, 2.05) is 31.3 Å². The van der Waals surface area contributed by atoms with Gasteiger partial charge in [-0.15, -0.1) is 0 Å². The standard InChI is InChI=1S/C16H14F2N2S/c1-19-8-10-4-2-3-5-14(10)21-15-9-20-13-7-11(17)6-12(18)16(13)15/h2-7,9,19-20H,8H2,1H3. The van der Waals surface area contributed by atoms with E-state index in [2.05, 4.69) is 10.3 Å². The molecule has 1 heterocycles. The molecule has 3 rings (SSSR count). The fourth-order valence-corrected chi connectivity index (χ4v) is 3.37. The highest BCUT2D eigenvalue weighted by molar-refractivity contribution is 7.99. The summed E-state index contributed by atoms with van der Waals surface area (Å²) in [6.45, 7) is 0.739. The molecule has 108 valence electrons. The predicted octanol–water partition coefficient (Wildman–Crippen LogP) is 4.32. The Kier molecular flexibility index (Phi) is 3.94. The van der Waals surface area contributed by atoms with E-state index in [0.717, 1.165) is 28.0 Å². The minimum atomic E-state index is -0.575. The highest BCUT2D eigenvalue weighted by Crippen LogP contribution is 2.36. The third kappa shape index (κ3) is 2.80. The summed E-state index contributed by atoms with van der Waals surface area (Å²) in [5.41, 5.74) is 1.61. The molecule has 0 fully saturated rings. The Hall–Kier alpha value is -1.85. The van der Waals surface area contributed by atoms with Crippen LogP contribution >= 0.6 is 11.8 Å². The Bertz CT molecular complexity index is 783. The zero-order valence-corrected chi connectivity index (χ0v) is 12.2. The first-order valence-corrected chi connectivity index (χ1v) is 7.37. The van der Waals surface area contributed by atoms with E-state index >= 15 is 0 Å². The lowest BCUT2D eigenvalue weighted by Crippen LogP contribution is -2.05. The molecule has 5 heteroatoms. The van der Waals surface area contributed by atoms with E-state index in [4.69, 9.17) is 0 Å². The maximum absolute atomic E-state index is 14.0. The highest BCUT2D eigenvalue weighted by Gasteiger charge is 2.13. The molecular weight excluding hydrogens is 290 g/mol. The third-order valence-corrected chi connectivity index (χ3v) is 4.38. The number of fused-ring (bicyclic) bond motifs is 1. The van der Waals surface area contributed by atoms with Crippen molar-refractivity contribution in [2.24, 2.45) is 0 Å². The van der Waals surface area contributed by atoms with Gasteiger partial charge in [0.2, 0.25) is 0 Å². The van der Waals surface area contributed by atoms with Crippen molar-refractivity contribution in [2.45, 2.75) is 16.3 Å². The fraction of sp³-hybridized carbons (Fsp3) is 0.125. The van der Waals surface area contributed by atoms with Gasteiger partial charge in [-0.3, -0.25) is 0 Å². The molecule has 0 radical (unpaired) electrons. The first-order chi connectivity index (χ1) is 10.2. The quantitative estimate of drug-likeness (QED) is 0.751. The molecular formula is C16H14F2N2S. The van der Waals surface area contributed by atoms with Crippen LogP contribution in [0.5, 0.6) is 0 Å². The van der Waals surface area contributed by atoms with E-state index in [9.17, 15) is 8.78 Å². The molecule has 0 saturated carbocycles. The molecule has 2 N–H and O–H groups in total. The van der Waals surface area contributed by atoms with Crippen molar-refractivity contribution in [3.8, 4) is 0 Å². The average Bonchev–Trinajstić information content (AvgIpc) is 2.84. The number of hydrogen-bond donors (Lipinski definition) is 2. The minimum Gasteiger partial charge on any atom is -0.360 e. The SMILES string of the molecule is CNCc1ccccc1Sc1c[nH]c2cc(F)cc(F)c12. The van der Waals surface area contributed by atoms with Crippen LogP contribution in [-0.2, 0) is 6.54 Å². The maximum Gasteiger partial charge on any atom is 0.136 e. The van der Waals surface area contributed by atoms with Gasteiger partial charge in [-0.1, -0.05) is 30.0 Å². The molecule has 0 atom stereocenters. The predicted molar refractivity (Wildman–Crippen MR) is 81.5 cm³/mol.